The standard InChI is InChI=1S/C27H32N2O5S/c1-2-3-7-14-28-15-9-13-27-22(21-20(35-27)12-8-16-34-26(21)33)24(31)29(23(27)25(28)32)19(17-30)18-10-5-4-6-11-18/h4-6,8-13,19-23,30H,2-3,7,14-17H2,1H3/t19-,20-,21+,22+,23?,27+/m1/s1. The predicted octanol–water partition coefficient (Wildman–Crippen LogP) is 2.72. The van der Waals surface area contributed by atoms with Crippen LogP contribution >= 0.6 is 11.8 Å². The Bertz CT molecular complexity index is 1040. The van der Waals surface area contributed by atoms with Crippen LogP contribution in [-0.4, -0.2) is 75.0 Å². The molecular weight excluding hydrogens is 464 g/mol. The lowest BCUT2D eigenvalue weighted by Gasteiger charge is -2.38. The fourth-order valence-electron chi connectivity index (χ4n) is 6.07. The van der Waals surface area contributed by atoms with Gasteiger partial charge in [0.15, 0.2) is 0 Å². The molecule has 0 saturated carbocycles. The Morgan fingerprint density at radius 2 is 1.94 bits per heavy atom. The normalized spacial score (nSPS) is 32.6. The number of fused-ring (bicyclic) bond motifs is 2. The minimum Gasteiger partial charge on any atom is -0.461 e. The molecule has 35 heavy (non-hydrogen) atoms. The number of cyclic esters (lactones) is 1. The largest absolute Gasteiger partial charge is 0.461 e. The lowest BCUT2D eigenvalue weighted by Crippen LogP contribution is -2.54. The number of unbranched alkanes of at least 4 members (excludes halogenated alkanes) is 2. The minimum atomic E-state index is -0.897. The number of carbonyl (C=O) groups excluding carboxylic acids is 3. The smallest absolute Gasteiger partial charge is 0.311 e. The van der Waals surface area contributed by atoms with Gasteiger partial charge in [-0.15, -0.1) is 11.8 Å². The van der Waals surface area contributed by atoms with E-state index >= 15 is 0 Å². The number of aliphatic hydroxyl groups is 1. The molecule has 7 nitrogen and oxygen atoms in total. The van der Waals surface area contributed by atoms with Crippen LogP contribution in [0.25, 0.3) is 0 Å². The quantitative estimate of drug-likeness (QED) is 0.355. The zero-order chi connectivity index (χ0) is 24.6. The second-order valence-electron chi connectivity index (χ2n) is 9.65. The van der Waals surface area contributed by atoms with E-state index in [1.807, 2.05) is 59.5 Å². The fourth-order valence-corrected chi connectivity index (χ4v) is 8.06. The number of benzene rings is 1. The molecule has 4 aliphatic rings. The van der Waals surface area contributed by atoms with E-state index in [0.29, 0.717) is 13.1 Å². The molecule has 4 heterocycles. The first-order chi connectivity index (χ1) is 17.0. The lowest BCUT2D eigenvalue weighted by molar-refractivity contribution is -0.152. The Labute approximate surface area is 210 Å². The Hall–Kier alpha value is -2.58. The van der Waals surface area contributed by atoms with Gasteiger partial charge in [-0.05, 0) is 12.0 Å². The Morgan fingerprint density at radius 3 is 2.69 bits per heavy atom. The zero-order valence-corrected chi connectivity index (χ0v) is 20.7. The molecule has 0 radical (unpaired) electrons. The van der Waals surface area contributed by atoms with Crippen LogP contribution in [0.4, 0.5) is 0 Å². The summed E-state index contributed by atoms with van der Waals surface area (Å²) in [6, 6.07) is 7.84. The molecule has 1 spiro atoms. The summed E-state index contributed by atoms with van der Waals surface area (Å²) in [6.07, 6.45) is 10.7. The molecule has 2 amide bonds. The molecule has 6 atom stereocenters. The predicted molar refractivity (Wildman–Crippen MR) is 133 cm³/mol. The molecule has 2 fully saturated rings. The number of hydrogen-bond acceptors (Lipinski definition) is 6. The number of rotatable bonds is 7. The van der Waals surface area contributed by atoms with E-state index in [1.165, 1.54) is 11.8 Å². The molecule has 0 bridgehead atoms. The van der Waals surface area contributed by atoms with Crippen molar-refractivity contribution in [3.05, 3.63) is 60.2 Å². The minimum absolute atomic E-state index is 0.113. The number of likely N-dealkylation sites (tertiary alicyclic amines) is 1. The van der Waals surface area contributed by atoms with Crippen LogP contribution in [0, 0.1) is 11.8 Å². The van der Waals surface area contributed by atoms with Gasteiger partial charge in [0.1, 0.15) is 12.6 Å². The molecule has 4 aliphatic heterocycles. The van der Waals surface area contributed by atoms with E-state index in [2.05, 4.69) is 6.92 Å². The fraction of sp³-hybridized carbons (Fsp3) is 0.519. The van der Waals surface area contributed by atoms with Crippen molar-refractivity contribution in [2.24, 2.45) is 11.8 Å². The van der Waals surface area contributed by atoms with Crippen molar-refractivity contribution in [3.63, 3.8) is 0 Å². The summed E-state index contributed by atoms with van der Waals surface area (Å²) in [4.78, 5) is 44.9. The van der Waals surface area contributed by atoms with Crippen LogP contribution in [0.3, 0.4) is 0 Å². The van der Waals surface area contributed by atoms with Gasteiger partial charge in [-0.1, -0.05) is 74.4 Å². The van der Waals surface area contributed by atoms with Gasteiger partial charge in [-0.3, -0.25) is 14.4 Å². The third kappa shape index (κ3) is 3.91. The van der Waals surface area contributed by atoms with Crippen molar-refractivity contribution in [2.45, 2.75) is 48.3 Å². The number of thioether (sulfide) groups is 1. The summed E-state index contributed by atoms with van der Waals surface area (Å²) >= 11 is 1.53. The number of amides is 2. The molecule has 8 heteroatoms. The highest BCUT2D eigenvalue weighted by molar-refractivity contribution is 8.02. The number of esters is 1. The van der Waals surface area contributed by atoms with Crippen molar-refractivity contribution in [1.82, 2.24) is 9.80 Å². The van der Waals surface area contributed by atoms with E-state index in [9.17, 15) is 19.5 Å². The number of carbonyl (C=O) groups is 3. The van der Waals surface area contributed by atoms with Crippen molar-refractivity contribution >= 4 is 29.5 Å². The summed E-state index contributed by atoms with van der Waals surface area (Å²) in [5, 5.41) is 10.2. The van der Waals surface area contributed by atoms with Gasteiger partial charge in [0.2, 0.25) is 11.8 Å². The zero-order valence-electron chi connectivity index (χ0n) is 19.9. The summed E-state index contributed by atoms with van der Waals surface area (Å²) in [6.45, 7) is 3.09. The summed E-state index contributed by atoms with van der Waals surface area (Å²) < 4.78 is 4.53. The molecule has 1 aromatic carbocycles. The first-order valence-electron chi connectivity index (χ1n) is 12.5. The molecule has 2 saturated heterocycles. The number of ether oxygens (including phenoxy) is 1. The maximum Gasteiger partial charge on any atom is 0.311 e. The molecule has 5 rings (SSSR count). The molecule has 0 aromatic heterocycles. The first kappa shape index (κ1) is 24.1. The van der Waals surface area contributed by atoms with Gasteiger partial charge < -0.3 is 19.6 Å². The van der Waals surface area contributed by atoms with E-state index in [1.54, 1.807) is 4.90 Å². The lowest BCUT2D eigenvalue weighted by atomic mass is 9.78. The van der Waals surface area contributed by atoms with E-state index in [4.69, 9.17) is 4.74 Å². The summed E-state index contributed by atoms with van der Waals surface area (Å²) in [7, 11) is 0. The van der Waals surface area contributed by atoms with E-state index < -0.39 is 34.6 Å². The Morgan fingerprint density at radius 1 is 1.14 bits per heavy atom. The Kier molecular flexibility index (Phi) is 6.77. The maximum atomic E-state index is 14.2. The maximum absolute atomic E-state index is 14.2. The Balaban J connectivity index is 1.62. The number of hydrogen-bond donors (Lipinski definition) is 1. The average molecular weight is 497 g/mol. The van der Waals surface area contributed by atoms with Crippen molar-refractivity contribution in [2.75, 3.05) is 26.3 Å². The second-order valence-corrected chi connectivity index (χ2v) is 11.1. The van der Waals surface area contributed by atoms with Crippen LogP contribution in [0.5, 0.6) is 0 Å². The number of nitrogens with zero attached hydrogens (tertiary/aromatic N) is 2. The van der Waals surface area contributed by atoms with Gasteiger partial charge in [-0.2, -0.15) is 0 Å². The molecule has 1 aromatic rings. The van der Waals surface area contributed by atoms with Gasteiger partial charge in [0.05, 0.1) is 29.2 Å². The third-order valence-corrected chi connectivity index (χ3v) is 9.40. The van der Waals surface area contributed by atoms with Crippen molar-refractivity contribution < 1.29 is 24.2 Å². The van der Waals surface area contributed by atoms with Crippen LogP contribution in [0.1, 0.15) is 37.8 Å². The van der Waals surface area contributed by atoms with Gasteiger partial charge in [0, 0.05) is 18.3 Å². The topological polar surface area (TPSA) is 87.2 Å². The third-order valence-electron chi connectivity index (χ3n) is 7.66. The molecule has 1 unspecified atom stereocenters. The molecule has 1 N–H and O–H groups in total. The van der Waals surface area contributed by atoms with Crippen LogP contribution in [-0.2, 0) is 19.1 Å². The van der Waals surface area contributed by atoms with E-state index in [0.717, 1.165) is 24.8 Å². The second kappa shape index (κ2) is 9.82. The highest BCUT2D eigenvalue weighted by Crippen LogP contribution is 2.62. The van der Waals surface area contributed by atoms with Gasteiger partial charge in [-0.25, -0.2) is 0 Å². The van der Waals surface area contributed by atoms with Crippen molar-refractivity contribution in [3.8, 4) is 0 Å². The SMILES string of the molecule is CCCCCN1CC=C[C@]23S[C@@H]4C=CCOC(=O)[C@@H]4[C@H]2C(=O)N([C@H](CO)c2ccccc2)C3C1=O. The average Bonchev–Trinajstić information content (AvgIpc) is 3.17. The highest BCUT2D eigenvalue weighted by Gasteiger charge is 2.71. The van der Waals surface area contributed by atoms with Crippen LogP contribution in [0.15, 0.2) is 54.6 Å². The summed E-state index contributed by atoms with van der Waals surface area (Å²) in [5.74, 6) is -2.17. The van der Waals surface area contributed by atoms with Gasteiger partial charge in [0.25, 0.3) is 0 Å². The van der Waals surface area contributed by atoms with Crippen LogP contribution < -0.4 is 0 Å². The summed E-state index contributed by atoms with van der Waals surface area (Å²) in [5.41, 5.74) is 0.766. The highest BCUT2D eigenvalue weighted by atomic mass is 32.2. The van der Waals surface area contributed by atoms with E-state index in [-0.39, 0.29) is 30.3 Å². The van der Waals surface area contributed by atoms with Gasteiger partial charge >= 0.3 is 5.97 Å². The number of aliphatic hydroxyl groups excluding tert-OH is 1. The monoisotopic (exact) mass is 496 g/mol. The van der Waals surface area contributed by atoms with Crippen molar-refractivity contribution in [1.29, 1.82) is 0 Å². The molecule has 186 valence electrons. The van der Waals surface area contributed by atoms with Crippen LogP contribution in [0.2, 0.25) is 0 Å². The first-order valence-corrected chi connectivity index (χ1v) is 13.4. The molecule has 0 aliphatic carbocycles. The molecular formula is C27H32N2O5S.